The van der Waals surface area contributed by atoms with Crippen LogP contribution >= 0.6 is 0 Å². The van der Waals surface area contributed by atoms with E-state index in [1.807, 2.05) is 0 Å². The molecule has 8 N–H and O–H groups in total. The smallest absolute Gasteiger partial charge is 0.328 e. The molecular formula is C37H30N4O11S2. The Hall–Kier alpha value is -6.53. The van der Waals surface area contributed by atoms with Crippen molar-refractivity contribution in [2.24, 2.45) is 0 Å². The van der Waals surface area contributed by atoms with Crippen molar-refractivity contribution in [3.63, 3.8) is 0 Å². The van der Waals surface area contributed by atoms with Gasteiger partial charge in [0.25, 0.3) is 32.1 Å². The predicted molar refractivity (Wildman–Crippen MR) is 200 cm³/mol. The Morgan fingerprint density at radius 2 is 0.889 bits per heavy atom. The summed E-state index contributed by atoms with van der Waals surface area (Å²) in [5.74, 6) is -2.12. The number of hydrogen-bond donors (Lipinski definition) is 8. The van der Waals surface area contributed by atoms with Crippen LogP contribution in [-0.2, 0) is 20.2 Å². The van der Waals surface area contributed by atoms with E-state index in [-0.39, 0.29) is 43.8 Å². The van der Waals surface area contributed by atoms with Crippen LogP contribution in [0.2, 0.25) is 0 Å². The molecule has 0 saturated carbocycles. The molecule has 4 amide bonds. The molecule has 0 bridgehead atoms. The number of hydrogen-bond acceptors (Lipinski definition) is 11. The third-order valence-electron chi connectivity index (χ3n) is 8.51. The van der Waals surface area contributed by atoms with Crippen LogP contribution in [-0.4, -0.2) is 54.0 Å². The van der Waals surface area contributed by atoms with Crippen LogP contribution in [0.15, 0.2) is 107 Å². The Kier molecular flexibility index (Phi) is 9.74. The molecule has 0 heterocycles. The maximum Gasteiger partial charge on any atom is 0.328 e. The number of fused-ring (bicyclic) bond motifs is 2. The molecule has 0 spiro atoms. The number of urea groups is 1. The molecule has 0 aliphatic rings. The van der Waals surface area contributed by atoms with Crippen LogP contribution in [0, 0.1) is 13.8 Å². The molecule has 15 nitrogen and oxygen atoms in total. The highest BCUT2D eigenvalue weighted by atomic mass is 32.2. The van der Waals surface area contributed by atoms with Gasteiger partial charge in [-0.05, 0) is 109 Å². The van der Waals surface area contributed by atoms with Gasteiger partial charge in [-0.15, -0.1) is 0 Å². The molecule has 6 aromatic carbocycles. The van der Waals surface area contributed by atoms with Crippen molar-refractivity contribution in [3.8, 4) is 11.5 Å². The molecule has 276 valence electrons. The summed E-state index contributed by atoms with van der Waals surface area (Å²) in [5.41, 5.74) is 2.64. The summed E-state index contributed by atoms with van der Waals surface area (Å²) in [6, 6.07) is 21.3. The summed E-state index contributed by atoms with van der Waals surface area (Å²) in [6.07, 6.45) is 0. The average Bonchev–Trinajstić information content (AvgIpc) is 3.11. The fourth-order valence-corrected chi connectivity index (χ4v) is 6.61. The van der Waals surface area contributed by atoms with E-state index >= 15 is 0 Å². The molecule has 0 unspecified atom stereocenters. The quantitative estimate of drug-likeness (QED) is 0.0628. The zero-order valence-corrected chi connectivity index (χ0v) is 29.8. The number of imide groups is 2. The number of nitrogens with one attached hydrogen (secondary N) is 4. The number of benzene rings is 6. The first-order valence-electron chi connectivity index (χ1n) is 15.8. The summed E-state index contributed by atoms with van der Waals surface area (Å²) >= 11 is 0. The Morgan fingerprint density at radius 1 is 0.500 bits per heavy atom. The topological polar surface area (TPSA) is 249 Å². The zero-order chi connectivity index (χ0) is 39.1. The second-order valence-electron chi connectivity index (χ2n) is 12.2. The molecule has 0 aliphatic heterocycles. The second kappa shape index (κ2) is 14.1. The van der Waals surface area contributed by atoms with E-state index in [2.05, 4.69) is 21.3 Å². The van der Waals surface area contributed by atoms with Gasteiger partial charge in [-0.1, -0.05) is 24.3 Å². The van der Waals surface area contributed by atoms with Gasteiger partial charge in [-0.3, -0.25) is 29.3 Å². The number of amides is 4. The molecule has 0 atom stereocenters. The van der Waals surface area contributed by atoms with Crippen molar-refractivity contribution in [3.05, 3.63) is 119 Å². The Bertz CT molecular complexity index is 2600. The van der Waals surface area contributed by atoms with Crippen LogP contribution in [0.5, 0.6) is 11.5 Å². The van der Waals surface area contributed by atoms with Gasteiger partial charge in [0, 0.05) is 33.3 Å². The maximum atomic E-state index is 13.0. The van der Waals surface area contributed by atoms with Gasteiger partial charge in [-0.2, -0.15) is 16.8 Å². The van der Waals surface area contributed by atoms with Gasteiger partial charge < -0.3 is 20.8 Å². The van der Waals surface area contributed by atoms with Crippen LogP contribution in [0.25, 0.3) is 21.5 Å². The monoisotopic (exact) mass is 770 g/mol. The highest BCUT2D eigenvalue weighted by molar-refractivity contribution is 7.86. The molecule has 0 fully saturated rings. The highest BCUT2D eigenvalue weighted by Crippen LogP contribution is 2.38. The number of carbonyl (C=O) groups is 3. The minimum absolute atomic E-state index is 0.0370. The van der Waals surface area contributed by atoms with E-state index in [1.54, 1.807) is 26.0 Å². The lowest BCUT2D eigenvalue weighted by molar-refractivity contribution is 0.0944. The first-order valence-corrected chi connectivity index (χ1v) is 18.7. The lowest BCUT2D eigenvalue weighted by Gasteiger charge is -2.15. The predicted octanol–water partition coefficient (Wildman–Crippen LogP) is 6.28. The van der Waals surface area contributed by atoms with Crippen LogP contribution < -0.4 is 21.3 Å². The minimum Gasteiger partial charge on any atom is -0.505 e. The largest absolute Gasteiger partial charge is 0.505 e. The summed E-state index contributed by atoms with van der Waals surface area (Å²) in [6.45, 7) is 3.47. The fraction of sp³-hybridized carbons (Fsp3) is 0.0541. The van der Waals surface area contributed by atoms with Crippen LogP contribution in [0.3, 0.4) is 0 Å². The highest BCUT2D eigenvalue weighted by Gasteiger charge is 2.19. The number of phenolic OH excluding ortho intramolecular Hbond substituents is 2. The number of rotatable bonds is 8. The van der Waals surface area contributed by atoms with Crippen molar-refractivity contribution in [1.29, 1.82) is 0 Å². The molecular weight excluding hydrogens is 741 g/mol. The number of aryl methyl sites for hydroxylation is 2. The first-order chi connectivity index (χ1) is 25.4. The maximum absolute atomic E-state index is 13.0. The summed E-state index contributed by atoms with van der Waals surface area (Å²) in [5, 5.41) is 33.3. The summed E-state index contributed by atoms with van der Waals surface area (Å²) in [7, 11) is -8.90. The first kappa shape index (κ1) is 37.2. The molecule has 0 saturated heterocycles. The molecule has 6 aromatic rings. The molecule has 0 aliphatic carbocycles. The van der Waals surface area contributed by atoms with Gasteiger partial charge in [0.15, 0.2) is 0 Å². The molecule has 0 aromatic heterocycles. The van der Waals surface area contributed by atoms with E-state index in [4.69, 9.17) is 0 Å². The lowest BCUT2D eigenvalue weighted by Crippen LogP contribution is -2.42. The molecule has 17 heteroatoms. The molecule has 6 rings (SSSR count). The fourth-order valence-electron chi connectivity index (χ4n) is 5.57. The van der Waals surface area contributed by atoms with Crippen LogP contribution in [0.1, 0.15) is 31.8 Å². The normalized spacial score (nSPS) is 11.6. The number of anilines is 4. The lowest BCUT2D eigenvalue weighted by atomic mass is 10.1. The Morgan fingerprint density at radius 3 is 1.26 bits per heavy atom. The SMILES string of the molecule is Cc1ccc(C(=O)NC(=O)NC(=O)c2ccc(C)c(Nc3ccc4cc(S(=O)(=O)O)ccc4c3O)c2)cc1Nc1ccc2cc(S(=O)(=O)O)ccc2c1O. The van der Waals surface area contributed by atoms with Crippen molar-refractivity contribution in [2.75, 3.05) is 10.6 Å². The van der Waals surface area contributed by atoms with Crippen molar-refractivity contribution in [1.82, 2.24) is 10.6 Å². The summed E-state index contributed by atoms with van der Waals surface area (Å²) < 4.78 is 64.7. The third-order valence-corrected chi connectivity index (χ3v) is 10.2. The molecule has 54 heavy (non-hydrogen) atoms. The van der Waals surface area contributed by atoms with E-state index < -0.39 is 38.1 Å². The summed E-state index contributed by atoms with van der Waals surface area (Å²) in [4.78, 5) is 38.1. The van der Waals surface area contributed by atoms with Gasteiger partial charge in [0.05, 0.1) is 21.2 Å². The standard InChI is InChI=1S/C37H30N4O11S2/c1-19-3-5-23(17-31(19)38-29-13-7-21-15-25(53(47,48)49)9-11-27(21)33(29)42)35(44)40-37(46)41-36(45)24-6-4-20(2)32(18-24)39-30-14-8-22-16-26(54(50,51)52)10-12-28(22)34(30)43/h3-18,38-39,42-43H,1-2H3,(H,47,48,49)(H,50,51,52)(H2,40,41,44,45,46). The Labute approximate surface area is 307 Å². The Balaban J connectivity index is 1.13. The van der Waals surface area contributed by atoms with Crippen molar-refractivity contribution >= 4 is 82.4 Å². The van der Waals surface area contributed by atoms with Crippen molar-refractivity contribution < 1.29 is 50.5 Å². The van der Waals surface area contributed by atoms with Gasteiger partial charge in [-0.25, -0.2) is 4.79 Å². The number of aromatic hydroxyl groups is 2. The minimum atomic E-state index is -4.45. The zero-order valence-electron chi connectivity index (χ0n) is 28.2. The second-order valence-corrected chi connectivity index (χ2v) is 15.0. The average molecular weight is 771 g/mol. The number of carbonyl (C=O) groups excluding carboxylic acids is 3. The van der Waals surface area contributed by atoms with Gasteiger partial charge in [0.2, 0.25) is 0 Å². The van der Waals surface area contributed by atoms with E-state index in [9.17, 15) is 50.5 Å². The third kappa shape index (κ3) is 7.79. The van der Waals surface area contributed by atoms with E-state index in [0.717, 1.165) is 12.1 Å². The van der Waals surface area contributed by atoms with Crippen LogP contribution in [0.4, 0.5) is 27.5 Å². The van der Waals surface area contributed by atoms with Crippen molar-refractivity contribution in [2.45, 2.75) is 23.6 Å². The van der Waals surface area contributed by atoms with Gasteiger partial charge >= 0.3 is 6.03 Å². The molecule has 0 radical (unpaired) electrons. The number of phenols is 2. The van der Waals surface area contributed by atoms with E-state index in [1.165, 1.54) is 72.8 Å². The van der Waals surface area contributed by atoms with E-state index in [0.29, 0.717) is 44.0 Å². The van der Waals surface area contributed by atoms with Gasteiger partial charge in [0.1, 0.15) is 11.5 Å².